The van der Waals surface area contributed by atoms with Crippen molar-refractivity contribution >= 4 is 17.3 Å². The molecule has 16 heavy (non-hydrogen) atoms. The molecule has 0 bridgehead atoms. The Labute approximate surface area is 89.0 Å². The number of nitrogens with zero attached hydrogens (tertiary/aromatic N) is 2. The molecule has 0 saturated heterocycles. The molecule has 0 radical (unpaired) electrons. The van der Waals surface area contributed by atoms with Gasteiger partial charge in [-0.1, -0.05) is 6.07 Å². The Hall–Kier alpha value is -2.51. The summed E-state index contributed by atoms with van der Waals surface area (Å²) in [6, 6.07) is 3.22. The summed E-state index contributed by atoms with van der Waals surface area (Å²) >= 11 is 0. The zero-order valence-electron chi connectivity index (χ0n) is 7.95. The van der Waals surface area contributed by atoms with Crippen molar-refractivity contribution < 1.29 is 14.6 Å². The average molecular weight is 225 g/mol. The Balaban J connectivity index is 3.22. The second-order valence-corrected chi connectivity index (χ2v) is 2.98. The van der Waals surface area contributed by atoms with E-state index < -0.39 is 27.1 Å². The normalized spacial score (nSPS) is 9.75. The van der Waals surface area contributed by atoms with Crippen molar-refractivity contribution in [2.75, 3.05) is 0 Å². The highest BCUT2D eigenvalue weighted by Crippen LogP contribution is 2.27. The molecule has 1 amide bonds. The number of hydrogen-bond donors (Lipinski definition) is 1. The van der Waals surface area contributed by atoms with Crippen LogP contribution in [0.2, 0.25) is 0 Å². The molecule has 1 rings (SSSR count). The van der Waals surface area contributed by atoms with Gasteiger partial charge in [0.15, 0.2) is 0 Å². The number of nitro groups is 2. The van der Waals surface area contributed by atoms with Crippen LogP contribution in [0.15, 0.2) is 18.2 Å². The van der Waals surface area contributed by atoms with Gasteiger partial charge in [-0.3, -0.25) is 25.0 Å². The molecule has 0 aliphatic carbocycles. The molecule has 2 N–H and O–H groups in total. The summed E-state index contributed by atoms with van der Waals surface area (Å²) in [4.78, 5) is 29.9. The molecule has 0 atom stereocenters. The van der Waals surface area contributed by atoms with Gasteiger partial charge in [-0.2, -0.15) is 0 Å². The Kier molecular flexibility index (Phi) is 3.14. The summed E-state index contributed by atoms with van der Waals surface area (Å²) in [7, 11) is 0. The highest BCUT2D eigenvalue weighted by molar-refractivity contribution is 5.77. The quantitative estimate of drug-likeness (QED) is 0.590. The number of hydrogen-bond acceptors (Lipinski definition) is 5. The van der Waals surface area contributed by atoms with Gasteiger partial charge in [0.25, 0.3) is 0 Å². The number of nitrogens with two attached hydrogens (primary N) is 1. The average Bonchev–Trinajstić information content (AvgIpc) is 2.16. The van der Waals surface area contributed by atoms with E-state index >= 15 is 0 Å². The maximum Gasteiger partial charge on any atom is 0.346 e. The van der Waals surface area contributed by atoms with Crippen molar-refractivity contribution in [2.24, 2.45) is 5.73 Å². The van der Waals surface area contributed by atoms with E-state index in [1.807, 2.05) is 0 Å². The molecule has 0 aliphatic rings. The number of benzene rings is 1. The van der Waals surface area contributed by atoms with E-state index in [9.17, 15) is 25.0 Å². The van der Waals surface area contributed by atoms with Crippen LogP contribution in [-0.2, 0) is 11.2 Å². The standard InChI is InChI=1S/C8H7N3O5/c9-8(12)4-5-1-2-6(10(13)14)7(3-5)11(15)16/h1-3H,4H2,(H2,9,12). The molecule has 0 aliphatic heterocycles. The fourth-order valence-corrected chi connectivity index (χ4v) is 1.18. The summed E-state index contributed by atoms with van der Waals surface area (Å²) < 4.78 is 0. The monoisotopic (exact) mass is 225 g/mol. The van der Waals surface area contributed by atoms with Crippen molar-refractivity contribution in [1.82, 2.24) is 0 Å². The van der Waals surface area contributed by atoms with Gasteiger partial charge >= 0.3 is 11.4 Å². The van der Waals surface area contributed by atoms with Crippen molar-refractivity contribution in [3.8, 4) is 0 Å². The SMILES string of the molecule is NC(=O)Cc1ccc([N+](=O)[O-])c([N+](=O)[O-])c1. The number of nitro benzene ring substituents is 2. The maximum absolute atomic E-state index is 10.6. The predicted octanol–water partition coefficient (Wildman–Crippen LogP) is 0.531. The van der Waals surface area contributed by atoms with E-state index in [4.69, 9.17) is 5.73 Å². The second kappa shape index (κ2) is 4.34. The number of primary amides is 1. The summed E-state index contributed by atoms with van der Waals surface area (Å²) in [5, 5.41) is 21.0. The first-order valence-electron chi connectivity index (χ1n) is 4.12. The van der Waals surface area contributed by atoms with Crippen molar-refractivity contribution in [3.63, 3.8) is 0 Å². The predicted molar refractivity (Wildman–Crippen MR) is 52.6 cm³/mol. The molecular formula is C8H7N3O5. The van der Waals surface area contributed by atoms with Gasteiger partial charge in [-0.15, -0.1) is 0 Å². The minimum atomic E-state index is -0.872. The first kappa shape index (κ1) is 11.6. The van der Waals surface area contributed by atoms with Gasteiger partial charge in [-0.05, 0) is 5.56 Å². The highest BCUT2D eigenvalue weighted by Gasteiger charge is 2.24. The lowest BCUT2D eigenvalue weighted by atomic mass is 10.1. The highest BCUT2D eigenvalue weighted by atomic mass is 16.6. The number of rotatable bonds is 4. The molecule has 0 saturated carbocycles. The first-order chi connectivity index (χ1) is 7.41. The van der Waals surface area contributed by atoms with Gasteiger partial charge in [0.05, 0.1) is 16.3 Å². The molecule has 0 fully saturated rings. The third-order valence-corrected chi connectivity index (χ3v) is 1.81. The van der Waals surface area contributed by atoms with Crippen LogP contribution in [0.5, 0.6) is 0 Å². The van der Waals surface area contributed by atoms with Gasteiger partial charge in [0.2, 0.25) is 5.91 Å². The van der Waals surface area contributed by atoms with Crippen LogP contribution in [0.4, 0.5) is 11.4 Å². The second-order valence-electron chi connectivity index (χ2n) is 2.98. The Morgan fingerprint density at radius 2 is 1.75 bits per heavy atom. The molecular weight excluding hydrogens is 218 g/mol. The van der Waals surface area contributed by atoms with Crippen molar-refractivity contribution in [2.45, 2.75) is 6.42 Å². The number of carbonyl (C=O) groups is 1. The minimum Gasteiger partial charge on any atom is -0.369 e. The van der Waals surface area contributed by atoms with Crippen molar-refractivity contribution in [1.29, 1.82) is 0 Å². The smallest absolute Gasteiger partial charge is 0.346 e. The van der Waals surface area contributed by atoms with Crippen LogP contribution in [0.3, 0.4) is 0 Å². The zero-order chi connectivity index (χ0) is 12.3. The molecule has 0 unspecified atom stereocenters. The van der Waals surface area contributed by atoms with Gasteiger partial charge in [-0.25, -0.2) is 0 Å². The van der Waals surface area contributed by atoms with Crippen LogP contribution in [0, 0.1) is 20.2 Å². The molecule has 1 aromatic carbocycles. The Morgan fingerprint density at radius 1 is 1.19 bits per heavy atom. The lowest BCUT2D eigenvalue weighted by Crippen LogP contribution is -2.13. The van der Waals surface area contributed by atoms with E-state index in [1.54, 1.807) is 0 Å². The topological polar surface area (TPSA) is 129 Å². The van der Waals surface area contributed by atoms with E-state index in [1.165, 1.54) is 6.07 Å². The molecule has 0 aromatic heterocycles. The molecule has 0 spiro atoms. The van der Waals surface area contributed by atoms with Gasteiger partial charge in [0.1, 0.15) is 0 Å². The van der Waals surface area contributed by atoms with E-state index in [0.717, 1.165) is 12.1 Å². The lowest BCUT2D eigenvalue weighted by Gasteiger charge is -1.98. The molecule has 8 nitrogen and oxygen atoms in total. The van der Waals surface area contributed by atoms with E-state index in [-0.39, 0.29) is 12.0 Å². The summed E-state index contributed by atoms with van der Waals surface area (Å²) in [5.74, 6) is -0.664. The van der Waals surface area contributed by atoms with E-state index in [2.05, 4.69) is 0 Å². The van der Waals surface area contributed by atoms with Gasteiger partial charge in [0, 0.05) is 12.1 Å². The van der Waals surface area contributed by atoms with Crippen LogP contribution < -0.4 is 5.73 Å². The fraction of sp³-hybridized carbons (Fsp3) is 0.125. The first-order valence-corrected chi connectivity index (χ1v) is 4.12. The third kappa shape index (κ3) is 2.50. The van der Waals surface area contributed by atoms with Crippen LogP contribution >= 0.6 is 0 Å². The van der Waals surface area contributed by atoms with E-state index in [0.29, 0.717) is 0 Å². The van der Waals surface area contributed by atoms with Crippen LogP contribution in [0.25, 0.3) is 0 Å². The van der Waals surface area contributed by atoms with Crippen LogP contribution in [0.1, 0.15) is 5.56 Å². The summed E-state index contributed by atoms with van der Waals surface area (Å²) in [5.41, 5.74) is 3.91. The molecule has 84 valence electrons. The molecule has 8 heteroatoms. The number of amides is 1. The Morgan fingerprint density at radius 3 is 2.19 bits per heavy atom. The maximum atomic E-state index is 10.6. The molecule has 0 heterocycles. The summed E-state index contributed by atoms with van der Waals surface area (Å²) in [6.45, 7) is 0. The zero-order valence-corrected chi connectivity index (χ0v) is 7.95. The number of carbonyl (C=O) groups excluding carboxylic acids is 1. The lowest BCUT2D eigenvalue weighted by molar-refractivity contribution is -0.422. The fourth-order valence-electron chi connectivity index (χ4n) is 1.18. The molecule has 1 aromatic rings. The third-order valence-electron chi connectivity index (χ3n) is 1.81. The van der Waals surface area contributed by atoms with Crippen molar-refractivity contribution in [3.05, 3.63) is 44.0 Å². The minimum absolute atomic E-state index is 0.196. The van der Waals surface area contributed by atoms with Crippen LogP contribution in [-0.4, -0.2) is 15.8 Å². The summed E-state index contributed by atoms with van der Waals surface area (Å²) in [6.07, 6.45) is -0.196. The van der Waals surface area contributed by atoms with Gasteiger partial charge < -0.3 is 5.73 Å². The largest absolute Gasteiger partial charge is 0.369 e. The Bertz CT molecular complexity index is 471.